The number of benzene rings is 2. The van der Waals surface area contributed by atoms with Gasteiger partial charge in [0, 0.05) is 22.4 Å². The maximum Gasteiger partial charge on any atom is 0.259 e. The third kappa shape index (κ3) is 2.99. The van der Waals surface area contributed by atoms with E-state index < -0.39 is 0 Å². The number of carbonyl (C=O) groups is 1. The SMILES string of the molecule is CCN(C(=O)c1ccc(F)cc1Br)c1cccc(N)c1. The lowest BCUT2D eigenvalue weighted by Crippen LogP contribution is -2.31. The molecule has 5 heteroatoms. The van der Waals surface area contributed by atoms with Crippen molar-refractivity contribution in [1.82, 2.24) is 0 Å². The van der Waals surface area contributed by atoms with Gasteiger partial charge in [-0.3, -0.25) is 4.79 Å². The molecule has 0 unspecified atom stereocenters. The van der Waals surface area contributed by atoms with Crippen molar-refractivity contribution in [3.05, 3.63) is 58.3 Å². The van der Waals surface area contributed by atoms with Crippen LogP contribution in [0.15, 0.2) is 46.9 Å². The van der Waals surface area contributed by atoms with Gasteiger partial charge in [0.2, 0.25) is 0 Å². The van der Waals surface area contributed by atoms with E-state index in [-0.39, 0.29) is 11.7 Å². The lowest BCUT2D eigenvalue weighted by Gasteiger charge is -2.22. The number of nitrogen functional groups attached to an aromatic ring is 1. The molecule has 1 amide bonds. The molecular formula is C15H14BrFN2O. The van der Waals surface area contributed by atoms with Crippen LogP contribution in [0, 0.1) is 5.82 Å². The number of nitrogens with two attached hydrogens (primary N) is 1. The first-order valence-electron chi connectivity index (χ1n) is 6.15. The first-order valence-corrected chi connectivity index (χ1v) is 6.94. The van der Waals surface area contributed by atoms with Crippen molar-refractivity contribution in [2.24, 2.45) is 0 Å². The monoisotopic (exact) mass is 336 g/mol. The molecule has 0 aliphatic carbocycles. The maximum atomic E-state index is 13.1. The molecule has 0 fully saturated rings. The standard InChI is InChI=1S/C15H14BrFN2O/c1-2-19(12-5-3-4-11(18)9-12)15(20)13-7-6-10(17)8-14(13)16/h3-9H,2,18H2,1H3. The van der Waals surface area contributed by atoms with Crippen molar-refractivity contribution >= 4 is 33.2 Å². The van der Waals surface area contributed by atoms with Crippen LogP contribution in [0.25, 0.3) is 0 Å². The Morgan fingerprint density at radius 3 is 2.65 bits per heavy atom. The summed E-state index contributed by atoms with van der Waals surface area (Å²) in [5.74, 6) is -0.592. The minimum absolute atomic E-state index is 0.204. The number of nitrogens with zero attached hydrogens (tertiary/aromatic N) is 1. The van der Waals surface area contributed by atoms with E-state index in [1.54, 1.807) is 23.1 Å². The maximum absolute atomic E-state index is 13.1. The molecule has 0 radical (unpaired) electrons. The number of carbonyl (C=O) groups excluding carboxylic acids is 1. The Kier molecular flexibility index (Phi) is 4.39. The molecule has 104 valence electrons. The van der Waals surface area contributed by atoms with Crippen LogP contribution in [0.2, 0.25) is 0 Å². The molecule has 20 heavy (non-hydrogen) atoms. The second-order valence-corrected chi connectivity index (χ2v) is 5.12. The highest BCUT2D eigenvalue weighted by Gasteiger charge is 2.18. The van der Waals surface area contributed by atoms with Crippen molar-refractivity contribution in [3.63, 3.8) is 0 Å². The molecule has 0 atom stereocenters. The summed E-state index contributed by atoms with van der Waals surface area (Å²) in [6, 6.07) is 11.1. The molecule has 2 aromatic rings. The molecule has 0 aliphatic rings. The molecule has 0 spiro atoms. The zero-order chi connectivity index (χ0) is 14.7. The summed E-state index contributed by atoms with van der Waals surface area (Å²) >= 11 is 3.22. The Balaban J connectivity index is 2.39. The molecule has 0 heterocycles. The average molecular weight is 337 g/mol. The van der Waals surface area contributed by atoms with Crippen molar-refractivity contribution in [3.8, 4) is 0 Å². The number of hydrogen-bond donors (Lipinski definition) is 1. The predicted molar refractivity (Wildman–Crippen MR) is 82.3 cm³/mol. The Labute approximate surface area is 125 Å². The van der Waals surface area contributed by atoms with Crippen LogP contribution in [-0.4, -0.2) is 12.5 Å². The van der Waals surface area contributed by atoms with Gasteiger partial charge in [-0.25, -0.2) is 4.39 Å². The van der Waals surface area contributed by atoms with E-state index in [1.807, 2.05) is 13.0 Å². The van der Waals surface area contributed by atoms with Gasteiger partial charge in [-0.2, -0.15) is 0 Å². The highest BCUT2D eigenvalue weighted by atomic mass is 79.9. The van der Waals surface area contributed by atoms with Crippen molar-refractivity contribution in [2.75, 3.05) is 17.2 Å². The lowest BCUT2D eigenvalue weighted by atomic mass is 10.1. The van der Waals surface area contributed by atoms with E-state index in [0.29, 0.717) is 28.0 Å². The summed E-state index contributed by atoms with van der Waals surface area (Å²) in [6.07, 6.45) is 0. The fraction of sp³-hybridized carbons (Fsp3) is 0.133. The summed E-state index contributed by atoms with van der Waals surface area (Å²) in [4.78, 5) is 14.1. The van der Waals surface area contributed by atoms with E-state index >= 15 is 0 Å². The van der Waals surface area contributed by atoms with Crippen LogP contribution in [0.5, 0.6) is 0 Å². The average Bonchev–Trinajstić information content (AvgIpc) is 2.39. The van der Waals surface area contributed by atoms with Crippen molar-refractivity contribution in [2.45, 2.75) is 6.92 Å². The summed E-state index contributed by atoms with van der Waals surface area (Å²) in [5.41, 5.74) is 7.46. The van der Waals surface area contributed by atoms with Gasteiger partial charge >= 0.3 is 0 Å². The summed E-state index contributed by atoms with van der Waals surface area (Å²) in [5, 5.41) is 0. The first-order chi connectivity index (χ1) is 9.52. The van der Waals surface area contributed by atoms with E-state index in [2.05, 4.69) is 15.9 Å². The van der Waals surface area contributed by atoms with Gasteiger partial charge in [-0.1, -0.05) is 6.07 Å². The normalized spacial score (nSPS) is 10.3. The lowest BCUT2D eigenvalue weighted by molar-refractivity contribution is 0.0987. The van der Waals surface area contributed by atoms with Gasteiger partial charge in [0.25, 0.3) is 5.91 Å². The van der Waals surface area contributed by atoms with E-state index in [9.17, 15) is 9.18 Å². The largest absolute Gasteiger partial charge is 0.399 e. The molecule has 0 aromatic heterocycles. The molecular weight excluding hydrogens is 323 g/mol. The predicted octanol–water partition coefficient (Wildman–Crippen LogP) is 3.84. The van der Waals surface area contributed by atoms with E-state index in [4.69, 9.17) is 5.73 Å². The number of hydrogen-bond acceptors (Lipinski definition) is 2. The molecule has 2 rings (SSSR count). The second kappa shape index (κ2) is 6.05. The van der Waals surface area contributed by atoms with Crippen molar-refractivity contribution in [1.29, 1.82) is 0 Å². The third-order valence-corrected chi connectivity index (χ3v) is 3.56. The van der Waals surface area contributed by atoms with Crippen LogP contribution in [0.4, 0.5) is 15.8 Å². The van der Waals surface area contributed by atoms with Crippen LogP contribution < -0.4 is 10.6 Å². The van der Waals surface area contributed by atoms with Gasteiger partial charge in [0.05, 0.1) is 5.56 Å². The van der Waals surface area contributed by atoms with Crippen LogP contribution in [0.3, 0.4) is 0 Å². The highest BCUT2D eigenvalue weighted by molar-refractivity contribution is 9.10. The molecule has 0 saturated heterocycles. The fourth-order valence-electron chi connectivity index (χ4n) is 1.94. The Bertz CT molecular complexity index is 646. The number of halogens is 2. The smallest absolute Gasteiger partial charge is 0.259 e. The molecule has 3 nitrogen and oxygen atoms in total. The minimum atomic E-state index is -0.388. The van der Waals surface area contributed by atoms with Gasteiger partial charge in [0.1, 0.15) is 5.82 Å². The van der Waals surface area contributed by atoms with Crippen LogP contribution >= 0.6 is 15.9 Å². The minimum Gasteiger partial charge on any atom is -0.399 e. The first kappa shape index (κ1) is 14.5. The van der Waals surface area contributed by atoms with Gasteiger partial charge in [-0.05, 0) is 59.3 Å². The molecule has 2 aromatic carbocycles. The molecule has 0 saturated carbocycles. The number of amides is 1. The zero-order valence-electron chi connectivity index (χ0n) is 10.9. The second-order valence-electron chi connectivity index (χ2n) is 4.27. The highest BCUT2D eigenvalue weighted by Crippen LogP contribution is 2.24. The summed E-state index contributed by atoms with van der Waals surface area (Å²) in [7, 11) is 0. The van der Waals surface area contributed by atoms with Gasteiger partial charge in [-0.15, -0.1) is 0 Å². The van der Waals surface area contributed by atoms with Gasteiger partial charge < -0.3 is 10.6 Å². The Hall–Kier alpha value is -1.88. The van der Waals surface area contributed by atoms with E-state index in [0.717, 1.165) is 0 Å². The van der Waals surface area contributed by atoms with Crippen LogP contribution in [0.1, 0.15) is 17.3 Å². The number of rotatable bonds is 3. The summed E-state index contributed by atoms with van der Waals surface area (Å²) in [6.45, 7) is 2.37. The third-order valence-electron chi connectivity index (χ3n) is 2.90. The molecule has 0 aliphatic heterocycles. The topological polar surface area (TPSA) is 46.3 Å². The molecule has 0 bridgehead atoms. The number of anilines is 2. The van der Waals surface area contributed by atoms with Gasteiger partial charge in [0.15, 0.2) is 0 Å². The summed E-state index contributed by atoms with van der Waals surface area (Å²) < 4.78 is 13.5. The Morgan fingerprint density at radius 1 is 1.30 bits per heavy atom. The van der Waals surface area contributed by atoms with Crippen molar-refractivity contribution < 1.29 is 9.18 Å². The van der Waals surface area contributed by atoms with Crippen LogP contribution in [-0.2, 0) is 0 Å². The molecule has 2 N–H and O–H groups in total. The quantitative estimate of drug-likeness (QED) is 0.865. The zero-order valence-corrected chi connectivity index (χ0v) is 12.5. The van der Waals surface area contributed by atoms with E-state index in [1.165, 1.54) is 18.2 Å². The fourth-order valence-corrected chi connectivity index (χ4v) is 2.46. The Morgan fingerprint density at radius 2 is 2.05 bits per heavy atom.